The van der Waals surface area contributed by atoms with Gasteiger partial charge in [-0.25, -0.2) is 0 Å². The first-order valence-electron chi connectivity index (χ1n) is 6.84. The Morgan fingerprint density at radius 2 is 1.95 bits per heavy atom. The van der Waals surface area contributed by atoms with Crippen LogP contribution in [0.2, 0.25) is 0 Å². The van der Waals surface area contributed by atoms with E-state index < -0.39 is 5.41 Å². The van der Waals surface area contributed by atoms with Crippen molar-refractivity contribution in [3.8, 4) is 0 Å². The second kappa shape index (κ2) is 7.29. The second-order valence-corrected chi connectivity index (χ2v) is 5.51. The van der Waals surface area contributed by atoms with Gasteiger partial charge in [0, 0.05) is 13.0 Å². The maximum Gasteiger partial charge on any atom is 0.316 e. The Labute approximate surface area is 115 Å². The smallest absolute Gasteiger partial charge is 0.316 e. The van der Waals surface area contributed by atoms with E-state index in [1.165, 1.54) is 0 Å². The highest BCUT2D eigenvalue weighted by Gasteiger charge is 2.37. The molecule has 1 aromatic carbocycles. The average molecular weight is 264 g/mol. The number of aliphatic hydroxyl groups excluding tert-OH is 1. The lowest BCUT2D eigenvalue weighted by atomic mass is 9.76. The maximum absolute atomic E-state index is 12.4. The Morgan fingerprint density at radius 3 is 2.47 bits per heavy atom. The van der Waals surface area contributed by atoms with E-state index >= 15 is 0 Å². The van der Waals surface area contributed by atoms with E-state index in [2.05, 4.69) is 13.8 Å². The first kappa shape index (κ1) is 15.7. The summed E-state index contributed by atoms with van der Waals surface area (Å²) < 4.78 is 5.30. The number of esters is 1. The number of benzene rings is 1. The SMILES string of the molecule is CC(C)CC(C)(C(=O)OCCCO)c1ccccc1. The molecule has 3 heteroatoms. The van der Waals surface area contributed by atoms with Crippen LogP contribution in [0.5, 0.6) is 0 Å². The maximum atomic E-state index is 12.4. The van der Waals surface area contributed by atoms with Crippen LogP contribution >= 0.6 is 0 Å². The summed E-state index contributed by atoms with van der Waals surface area (Å²) in [5.74, 6) is 0.191. The van der Waals surface area contributed by atoms with Crippen molar-refractivity contribution in [2.75, 3.05) is 13.2 Å². The van der Waals surface area contributed by atoms with Gasteiger partial charge in [0.1, 0.15) is 0 Å². The highest BCUT2D eigenvalue weighted by molar-refractivity contribution is 5.82. The number of aliphatic hydroxyl groups is 1. The summed E-state index contributed by atoms with van der Waals surface area (Å²) in [4.78, 5) is 12.4. The summed E-state index contributed by atoms with van der Waals surface area (Å²) in [6, 6.07) is 9.76. The van der Waals surface area contributed by atoms with E-state index in [0.717, 1.165) is 12.0 Å². The predicted octanol–water partition coefficient (Wildman–Crippen LogP) is 2.92. The van der Waals surface area contributed by atoms with Gasteiger partial charge in [0.15, 0.2) is 0 Å². The third-order valence-corrected chi connectivity index (χ3v) is 3.21. The third-order valence-electron chi connectivity index (χ3n) is 3.21. The number of carbonyl (C=O) groups excluding carboxylic acids is 1. The highest BCUT2D eigenvalue weighted by Crippen LogP contribution is 2.32. The van der Waals surface area contributed by atoms with Gasteiger partial charge < -0.3 is 9.84 Å². The van der Waals surface area contributed by atoms with Gasteiger partial charge in [-0.15, -0.1) is 0 Å². The lowest BCUT2D eigenvalue weighted by Gasteiger charge is -2.29. The largest absolute Gasteiger partial charge is 0.465 e. The minimum absolute atomic E-state index is 0.0412. The van der Waals surface area contributed by atoms with Crippen LogP contribution in [0.1, 0.15) is 39.2 Å². The number of hydrogen-bond acceptors (Lipinski definition) is 3. The zero-order valence-corrected chi connectivity index (χ0v) is 12.1. The molecule has 0 heterocycles. The van der Waals surface area contributed by atoms with Crippen LogP contribution in [-0.4, -0.2) is 24.3 Å². The van der Waals surface area contributed by atoms with Crippen LogP contribution in [0.3, 0.4) is 0 Å². The molecule has 0 radical (unpaired) electrons. The quantitative estimate of drug-likeness (QED) is 0.608. The van der Waals surface area contributed by atoms with Crippen molar-refractivity contribution in [3.63, 3.8) is 0 Å². The summed E-state index contributed by atoms with van der Waals surface area (Å²) in [6.45, 7) is 6.45. The molecule has 1 N–H and O–H groups in total. The van der Waals surface area contributed by atoms with Gasteiger partial charge in [-0.2, -0.15) is 0 Å². The Morgan fingerprint density at radius 1 is 1.32 bits per heavy atom. The predicted molar refractivity (Wildman–Crippen MR) is 75.9 cm³/mol. The molecule has 1 atom stereocenters. The molecule has 0 bridgehead atoms. The molecular formula is C16H24O3. The zero-order chi connectivity index (χ0) is 14.3. The van der Waals surface area contributed by atoms with Crippen LogP contribution < -0.4 is 0 Å². The molecule has 0 fully saturated rings. The molecule has 0 aliphatic heterocycles. The molecule has 0 saturated carbocycles. The summed E-state index contributed by atoms with van der Waals surface area (Å²) in [6.07, 6.45) is 1.23. The van der Waals surface area contributed by atoms with E-state index in [-0.39, 0.29) is 19.2 Å². The van der Waals surface area contributed by atoms with Crippen molar-refractivity contribution in [3.05, 3.63) is 35.9 Å². The van der Waals surface area contributed by atoms with Crippen LogP contribution in [0.15, 0.2) is 30.3 Å². The zero-order valence-electron chi connectivity index (χ0n) is 12.1. The van der Waals surface area contributed by atoms with E-state index in [9.17, 15) is 4.79 Å². The fourth-order valence-electron chi connectivity index (χ4n) is 2.33. The fraction of sp³-hybridized carbons (Fsp3) is 0.562. The molecule has 3 nitrogen and oxygen atoms in total. The van der Waals surface area contributed by atoms with Crippen molar-refractivity contribution < 1.29 is 14.6 Å². The van der Waals surface area contributed by atoms with Gasteiger partial charge in [-0.3, -0.25) is 4.79 Å². The van der Waals surface area contributed by atoms with Crippen LogP contribution in [0, 0.1) is 5.92 Å². The Balaban J connectivity index is 2.90. The van der Waals surface area contributed by atoms with Gasteiger partial charge >= 0.3 is 5.97 Å². The van der Waals surface area contributed by atoms with E-state index in [1.54, 1.807) is 0 Å². The Kier molecular flexibility index (Phi) is 6.03. The number of carbonyl (C=O) groups is 1. The van der Waals surface area contributed by atoms with Gasteiger partial charge in [0.2, 0.25) is 0 Å². The molecule has 0 spiro atoms. The topological polar surface area (TPSA) is 46.5 Å². The molecule has 1 rings (SSSR count). The fourth-order valence-corrected chi connectivity index (χ4v) is 2.33. The van der Waals surface area contributed by atoms with Crippen LogP contribution in [0.4, 0.5) is 0 Å². The molecule has 0 amide bonds. The molecule has 106 valence electrons. The van der Waals surface area contributed by atoms with Gasteiger partial charge in [-0.1, -0.05) is 44.2 Å². The van der Waals surface area contributed by atoms with Gasteiger partial charge in [0.25, 0.3) is 0 Å². The summed E-state index contributed by atoms with van der Waals surface area (Å²) in [7, 11) is 0. The van der Waals surface area contributed by atoms with E-state index in [0.29, 0.717) is 12.3 Å². The molecule has 0 saturated heterocycles. The molecule has 1 unspecified atom stereocenters. The summed E-state index contributed by atoms with van der Waals surface area (Å²) in [5, 5.41) is 8.75. The summed E-state index contributed by atoms with van der Waals surface area (Å²) in [5.41, 5.74) is 0.364. The number of rotatable bonds is 7. The molecule has 0 aliphatic rings. The first-order valence-corrected chi connectivity index (χ1v) is 6.84. The van der Waals surface area contributed by atoms with Crippen molar-refractivity contribution in [2.45, 2.75) is 39.0 Å². The normalized spacial score (nSPS) is 14.2. The summed E-state index contributed by atoms with van der Waals surface area (Å²) >= 11 is 0. The molecule has 0 aromatic heterocycles. The Bertz CT molecular complexity index is 386. The van der Waals surface area contributed by atoms with Crippen molar-refractivity contribution >= 4 is 5.97 Å². The number of hydrogen-bond donors (Lipinski definition) is 1. The standard InChI is InChI=1S/C16H24O3/c1-13(2)12-16(3,14-8-5-4-6-9-14)15(18)19-11-7-10-17/h4-6,8-9,13,17H,7,10-12H2,1-3H3. The average Bonchev–Trinajstić information content (AvgIpc) is 2.39. The van der Waals surface area contributed by atoms with E-state index in [4.69, 9.17) is 9.84 Å². The highest BCUT2D eigenvalue weighted by atomic mass is 16.5. The molecular weight excluding hydrogens is 240 g/mol. The second-order valence-electron chi connectivity index (χ2n) is 5.51. The first-order chi connectivity index (χ1) is 9.00. The third kappa shape index (κ3) is 4.35. The Hall–Kier alpha value is -1.35. The molecule has 0 aliphatic carbocycles. The minimum atomic E-state index is -0.620. The number of ether oxygens (including phenoxy) is 1. The lowest BCUT2D eigenvalue weighted by molar-refractivity contribution is -0.151. The van der Waals surface area contributed by atoms with Crippen LogP contribution in [-0.2, 0) is 14.9 Å². The van der Waals surface area contributed by atoms with Crippen LogP contribution in [0.25, 0.3) is 0 Å². The van der Waals surface area contributed by atoms with Gasteiger partial charge in [0.05, 0.1) is 12.0 Å². The van der Waals surface area contributed by atoms with Crippen molar-refractivity contribution in [1.29, 1.82) is 0 Å². The molecule has 1 aromatic rings. The lowest BCUT2D eigenvalue weighted by Crippen LogP contribution is -2.36. The van der Waals surface area contributed by atoms with Crippen molar-refractivity contribution in [2.24, 2.45) is 5.92 Å². The van der Waals surface area contributed by atoms with E-state index in [1.807, 2.05) is 37.3 Å². The minimum Gasteiger partial charge on any atom is -0.465 e. The monoisotopic (exact) mass is 264 g/mol. The van der Waals surface area contributed by atoms with Crippen molar-refractivity contribution in [1.82, 2.24) is 0 Å². The molecule has 19 heavy (non-hydrogen) atoms. The van der Waals surface area contributed by atoms with Gasteiger partial charge in [-0.05, 0) is 24.8 Å².